The highest BCUT2D eigenvalue weighted by molar-refractivity contribution is 5.74. The van der Waals surface area contributed by atoms with Crippen molar-refractivity contribution >= 4 is 6.03 Å². The Kier molecular flexibility index (Phi) is 5.65. The Morgan fingerprint density at radius 1 is 1.40 bits per heavy atom. The predicted octanol–water partition coefficient (Wildman–Crippen LogP) is 1.61. The first-order valence-electron chi connectivity index (χ1n) is 8.27. The number of nitrogens with zero attached hydrogens (tertiary/aromatic N) is 3. The molecule has 0 bridgehead atoms. The van der Waals surface area contributed by atoms with Crippen LogP contribution < -0.4 is 10.6 Å². The van der Waals surface area contributed by atoms with Crippen LogP contribution in [0.5, 0.6) is 0 Å². The van der Waals surface area contributed by atoms with Crippen LogP contribution in [0, 0.1) is 11.8 Å². The summed E-state index contributed by atoms with van der Waals surface area (Å²) in [7, 11) is 1.61. The Hall–Kier alpha value is -2.85. The number of ether oxygens (including phenoxy) is 1. The van der Waals surface area contributed by atoms with Crippen molar-refractivity contribution in [1.82, 2.24) is 25.4 Å². The second-order valence-corrected chi connectivity index (χ2v) is 5.73. The molecule has 0 radical (unpaired) electrons. The Bertz CT molecular complexity index is 776. The lowest BCUT2D eigenvalue weighted by Crippen LogP contribution is -2.40. The van der Waals surface area contributed by atoms with E-state index < -0.39 is 0 Å². The molecule has 0 aliphatic carbocycles. The van der Waals surface area contributed by atoms with Crippen molar-refractivity contribution in [2.24, 2.45) is 0 Å². The molecule has 0 fully saturated rings. The van der Waals surface area contributed by atoms with Crippen molar-refractivity contribution in [2.45, 2.75) is 32.0 Å². The Balaban J connectivity index is 1.53. The summed E-state index contributed by atoms with van der Waals surface area (Å²) >= 11 is 0. The minimum absolute atomic E-state index is 0.145. The molecule has 2 amide bonds. The first-order valence-corrected chi connectivity index (χ1v) is 8.27. The number of rotatable bonds is 4. The largest absolute Gasteiger partial charge is 0.377 e. The van der Waals surface area contributed by atoms with Gasteiger partial charge in [0.1, 0.15) is 12.4 Å². The van der Waals surface area contributed by atoms with Gasteiger partial charge in [0.15, 0.2) is 5.82 Å². The molecule has 0 unspecified atom stereocenters. The number of nitrogens with one attached hydrogen (secondary N) is 2. The molecule has 7 nitrogen and oxygen atoms in total. The lowest BCUT2D eigenvalue weighted by molar-refractivity contribution is 0.177. The second-order valence-electron chi connectivity index (χ2n) is 5.73. The van der Waals surface area contributed by atoms with Gasteiger partial charge >= 0.3 is 6.03 Å². The maximum Gasteiger partial charge on any atom is 0.316 e. The molecule has 0 spiro atoms. The highest BCUT2D eigenvalue weighted by Crippen LogP contribution is 2.23. The van der Waals surface area contributed by atoms with Gasteiger partial charge in [-0.15, -0.1) is 0 Å². The fraction of sp³-hybridized carbons (Fsp3) is 0.389. The number of aromatic nitrogens is 3. The minimum Gasteiger partial charge on any atom is -0.377 e. The molecule has 130 valence electrons. The fourth-order valence-electron chi connectivity index (χ4n) is 2.73. The van der Waals surface area contributed by atoms with Crippen molar-refractivity contribution < 1.29 is 9.53 Å². The lowest BCUT2D eigenvalue weighted by Gasteiger charge is -2.22. The Morgan fingerprint density at radius 2 is 2.24 bits per heavy atom. The smallest absolute Gasteiger partial charge is 0.316 e. The molecular formula is C18H21N5O2. The summed E-state index contributed by atoms with van der Waals surface area (Å²) in [5.41, 5.74) is 0.927. The van der Waals surface area contributed by atoms with Crippen LogP contribution in [-0.2, 0) is 17.9 Å². The SMILES string of the molecule is COCc1nc2n(n1)CCC[C@H]2NC(=O)NCC#Cc1ccccc1. The number of methoxy groups -OCH3 is 1. The van der Waals surface area contributed by atoms with E-state index in [1.807, 2.05) is 35.0 Å². The van der Waals surface area contributed by atoms with Crippen LogP contribution in [0.2, 0.25) is 0 Å². The summed E-state index contributed by atoms with van der Waals surface area (Å²) in [6.45, 7) is 1.47. The third-order valence-corrected chi connectivity index (χ3v) is 3.84. The summed E-state index contributed by atoms with van der Waals surface area (Å²) in [5, 5.41) is 10.1. The zero-order chi connectivity index (χ0) is 17.5. The first kappa shape index (κ1) is 17.0. The summed E-state index contributed by atoms with van der Waals surface area (Å²) in [6, 6.07) is 9.27. The average Bonchev–Trinajstić information content (AvgIpc) is 3.04. The van der Waals surface area contributed by atoms with Crippen molar-refractivity contribution in [3.05, 3.63) is 47.5 Å². The predicted molar refractivity (Wildman–Crippen MR) is 92.6 cm³/mol. The van der Waals surface area contributed by atoms with Crippen LogP contribution in [0.15, 0.2) is 30.3 Å². The van der Waals surface area contributed by atoms with Gasteiger partial charge in [0.2, 0.25) is 0 Å². The van der Waals surface area contributed by atoms with Crippen LogP contribution in [0.1, 0.15) is 36.1 Å². The van der Waals surface area contributed by atoms with E-state index in [1.54, 1.807) is 7.11 Å². The van der Waals surface area contributed by atoms with Crippen LogP contribution >= 0.6 is 0 Å². The molecule has 2 heterocycles. The molecule has 1 aromatic heterocycles. The first-order chi connectivity index (χ1) is 12.3. The number of fused-ring (bicyclic) bond motifs is 1. The number of aryl methyl sites for hydroxylation is 1. The van der Waals surface area contributed by atoms with Gasteiger partial charge in [-0.25, -0.2) is 14.5 Å². The maximum atomic E-state index is 12.1. The number of urea groups is 1. The fourth-order valence-corrected chi connectivity index (χ4v) is 2.73. The number of hydrogen-bond acceptors (Lipinski definition) is 4. The molecule has 1 atom stereocenters. The van der Waals surface area contributed by atoms with Gasteiger partial charge < -0.3 is 15.4 Å². The normalized spacial score (nSPS) is 15.6. The third kappa shape index (κ3) is 4.58. The summed E-state index contributed by atoms with van der Waals surface area (Å²) < 4.78 is 6.92. The molecule has 0 saturated heterocycles. The van der Waals surface area contributed by atoms with Gasteiger partial charge in [0.05, 0.1) is 12.6 Å². The third-order valence-electron chi connectivity index (χ3n) is 3.84. The van der Waals surface area contributed by atoms with Gasteiger partial charge in [-0.05, 0) is 25.0 Å². The zero-order valence-corrected chi connectivity index (χ0v) is 14.2. The van der Waals surface area contributed by atoms with Crippen LogP contribution in [0.3, 0.4) is 0 Å². The van der Waals surface area contributed by atoms with E-state index in [-0.39, 0.29) is 18.6 Å². The summed E-state index contributed by atoms with van der Waals surface area (Å²) in [6.07, 6.45) is 1.79. The number of carbonyl (C=O) groups is 1. The summed E-state index contributed by atoms with van der Waals surface area (Å²) in [4.78, 5) is 16.6. The van der Waals surface area contributed by atoms with Crippen LogP contribution in [0.25, 0.3) is 0 Å². The quantitative estimate of drug-likeness (QED) is 0.829. The number of benzene rings is 1. The molecular weight excluding hydrogens is 318 g/mol. The van der Waals surface area contributed by atoms with Gasteiger partial charge in [-0.3, -0.25) is 0 Å². The Morgan fingerprint density at radius 3 is 3.04 bits per heavy atom. The van der Waals surface area contributed by atoms with Crippen molar-refractivity contribution in [1.29, 1.82) is 0 Å². The lowest BCUT2D eigenvalue weighted by atomic mass is 10.1. The van der Waals surface area contributed by atoms with Crippen molar-refractivity contribution in [3.63, 3.8) is 0 Å². The van der Waals surface area contributed by atoms with Gasteiger partial charge in [-0.2, -0.15) is 5.10 Å². The maximum absolute atomic E-state index is 12.1. The van der Waals surface area contributed by atoms with Crippen LogP contribution in [0.4, 0.5) is 4.79 Å². The van der Waals surface area contributed by atoms with E-state index in [0.717, 1.165) is 30.8 Å². The molecule has 2 N–H and O–H groups in total. The molecule has 7 heteroatoms. The van der Waals surface area contributed by atoms with E-state index in [9.17, 15) is 4.79 Å². The molecule has 3 rings (SSSR count). The number of hydrogen-bond donors (Lipinski definition) is 2. The molecule has 25 heavy (non-hydrogen) atoms. The zero-order valence-electron chi connectivity index (χ0n) is 14.2. The number of amides is 2. The molecule has 1 aliphatic rings. The second kappa shape index (κ2) is 8.31. The van der Waals surface area contributed by atoms with E-state index >= 15 is 0 Å². The standard InChI is InChI=1S/C18H21N5O2/c1-25-13-16-21-17-15(10-6-12-23(17)22-16)20-18(24)19-11-5-9-14-7-3-2-4-8-14/h2-4,7-8,15H,6,10-13H2,1H3,(H2,19,20,24)/t15-/m1/s1. The molecule has 1 aliphatic heterocycles. The van der Waals surface area contributed by atoms with Gasteiger partial charge in [0, 0.05) is 19.2 Å². The monoisotopic (exact) mass is 339 g/mol. The van der Waals surface area contributed by atoms with E-state index in [0.29, 0.717) is 12.4 Å². The molecule has 0 saturated carbocycles. The highest BCUT2D eigenvalue weighted by atomic mass is 16.5. The number of carbonyl (C=O) groups excluding carboxylic acids is 1. The highest BCUT2D eigenvalue weighted by Gasteiger charge is 2.25. The van der Waals surface area contributed by atoms with Crippen molar-refractivity contribution in [3.8, 4) is 11.8 Å². The Labute approximate surface area is 146 Å². The molecule has 1 aromatic carbocycles. The topological polar surface area (TPSA) is 81.1 Å². The van der Waals surface area contributed by atoms with Crippen LogP contribution in [-0.4, -0.2) is 34.5 Å². The van der Waals surface area contributed by atoms with E-state index in [1.165, 1.54) is 0 Å². The van der Waals surface area contributed by atoms with E-state index in [4.69, 9.17) is 4.74 Å². The average molecular weight is 339 g/mol. The van der Waals surface area contributed by atoms with Gasteiger partial charge in [0.25, 0.3) is 0 Å². The molecule has 2 aromatic rings. The van der Waals surface area contributed by atoms with E-state index in [2.05, 4.69) is 32.6 Å². The van der Waals surface area contributed by atoms with Crippen molar-refractivity contribution in [2.75, 3.05) is 13.7 Å². The summed E-state index contributed by atoms with van der Waals surface area (Å²) in [5.74, 6) is 7.36. The minimum atomic E-state index is -0.253. The van der Waals surface area contributed by atoms with Gasteiger partial charge in [-0.1, -0.05) is 30.0 Å².